The molecule has 0 saturated carbocycles. The van der Waals surface area contributed by atoms with Crippen molar-refractivity contribution in [3.05, 3.63) is 83.9 Å². The zero-order valence-electron chi connectivity index (χ0n) is 18.9. The van der Waals surface area contributed by atoms with Crippen LogP contribution in [0.15, 0.2) is 72.8 Å². The quantitative estimate of drug-likeness (QED) is 0.726. The zero-order chi connectivity index (χ0) is 22.1. The van der Waals surface area contributed by atoms with Gasteiger partial charge in [0.05, 0.1) is 6.10 Å². The van der Waals surface area contributed by atoms with E-state index in [2.05, 4.69) is 54.3 Å². The lowest BCUT2D eigenvalue weighted by molar-refractivity contribution is -0.133. The minimum absolute atomic E-state index is 0.167. The van der Waals surface area contributed by atoms with Crippen LogP contribution < -0.4 is 0 Å². The smallest absolute Gasteiger partial charge is 0.222 e. The van der Waals surface area contributed by atoms with Gasteiger partial charge < -0.3 is 10.0 Å². The number of aliphatic hydroxyl groups is 1. The molecule has 1 heterocycles. The second kappa shape index (κ2) is 11.8. The van der Waals surface area contributed by atoms with Gasteiger partial charge in [0.15, 0.2) is 0 Å². The van der Waals surface area contributed by atoms with Gasteiger partial charge >= 0.3 is 0 Å². The van der Waals surface area contributed by atoms with Gasteiger partial charge in [-0.25, -0.2) is 0 Å². The lowest BCUT2D eigenvalue weighted by Crippen LogP contribution is -2.49. The number of nitrogens with zero attached hydrogens (tertiary/aromatic N) is 2. The Bertz CT molecular complexity index is 814. The molecule has 4 heteroatoms. The normalized spacial score (nSPS) is 22.0. The van der Waals surface area contributed by atoms with Crippen molar-refractivity contribution in [1.29, 1.82) is 0 Å². The summed E-state index contributed by atoms with van der Waals surface area (Å²) in [5.74, 6) is 0.742. The maximum absolute atomic E-state index is 12.4. The molecule has 0 radical (unpaired) electrons. The molecule has 2 aliphatic rings. The van der Waals surface area contributed by atoms with Crippen LogP contribution in [0.5, 0.6) is 0 Å². The average Bonchev–Trinajstić information content (AvgIpc) is 3.21. The minimum Gasteiger partial charge on any atom is -0.389 e. The molecule has 0 aromatic heterocycles. The minimum atomic E-state index is -0.167. The molecule has 0 bridgehead atoms. The van der Waals surface area contributed by atoms with Gasteiger partial charge in [0, 0.05) is 38.6 Å². The predicted molar refractivity (Wildman–Crippen MR) is 127 cm³/mol. The maximum atomic E-state index is 12.4. The first-order chi connectivity index (χ1) is 15.0. The molecule has 4 nitrogen and oxygen atoms in total. The molecule has 2 aromatic rings. The van der Waals surface area contributed by atoms with Crippen molar-refractivity contribution < 1.29 is 9.90 Å². The summed E-state index contributed by atoms with van der Waals surface area (Å²) in [5.41, 5.74) is 2.59. The molecule has 0 spiro atoms. The van der Waals surface area contributed by atoms with E-state index in [1.54, 1.807) is 0 Å². The van der Waals surface area contributed by atoms with Crippen LogP contribution in [-0.4, -0.2) is 53.1 Å². The molecule has 3 atom stereocenters. The molecular weight excluding hydrogens is 384 g/mol. The van der Waals surface area contributed by atoms with Crippen molar-refractivity contribution >= 4 is 5.91 Å². The monoisotopic (exact) mass is 420 g/mol. The first-order valence-electron chi connectivity index (χ1n) is 11.5. The van der Waals surface area contributed by atoms with Gasteiger partial charge in [-0.05, 0) is 36.8 Å². The molecular formula is C27H36N2O2. The van der Waals surface area contributed by atoms with Crippen LogP contribution in [0.25, 0.3) is 0 Å². The van der Waals surface area contributed by atoms with Gasteiger partial charge in [-0.15, -0.1) is 0 Å². The van der Waals surface area contributed by atoms with Crippen LogP contribution in [0.1, 0.15) is 43.9 Å². The number of aliphatic hydroxyl groups excluding tert-OH is 1. The van der Waals surface area contributed by atoms with E-state index >= 15 is 0 Å². The fraction of sp³-hybridized carbons (Fsp3) is 0.444. The van der Waals surface area contributed by atoms with E-state index in [4.69, 9.17) is 5.11 Å². The number of carbonyl (C=O) groups excluding carboxylic acids is 1. The van der Waals surface area contributed by atoms with Gasteiger partial charge in [-0.1, -0.05) is 79.7 Å². The highest BCUT2D eigenvalue weighted by atomic mass is 16.3. The Morgan fingerprint density at radius 1 is 1.00 bits per heavy atom. The van der Waals surface area contributed by atoms with Crippen LogP contribution >= 0.6 is 0 Å². The molecule has 2 aromatic carbocycles. The van der Waals surface area contributed by atoms with E-state index in [1.165, 1.54) is 11.1 Å². The number of carbonyl (C=O) groups is 1. The first kappa shape index (κ1) is 23.2. The Hall–Kier alpha value is -2.43. The summed E-state index contributed by atoms with van der Waals surface area (Å²) in [7, 11) is 0. The Morgan fingerprint density at radius 2 is 1.61 bits per heavy atom. The third-order valence-corrected chi connectivity index (χ3v) is 6.39. The van der Waals surface area contributed by atoms with Gasteiger partial charge in [-0.2, -0.15) is 0 Å². The highest BCUT2D eigenvalue weighted by Gasteiger charge is 2.24. The summed E-state index contributed by atoms with van der Waals surface area (Å²) < 4.78 is 0. The van der Waals surface area contributed by atoms with Crippen LogP contribution in [0.3, 0.4) is 0 Å². The lowest BCUT2D eigenvalue weighted by Gasteiger charge is -2.38. The van der Waals surface area contributed by atoms with E-state index in [-0.39, 0.29) is 12.0 Å². The van der Waals surface area contributed by atoms with E-state index in [0.717, 1.165) is 39.0 Å². The molecule has 1 saturated heterocycles. The fourth-order valence-corrected chi connectivity index (χ4v) is 4.12. The zero-order valence-corrected chi connectivity index (χ0v) is 18.9. The van der Waals surface area contributed by atoms with Crippen molar-refractivity contribution in [2.24, 2.45) is 5.92 Å². The average molecular weight is 421 g/mol. The highest BCUT2D eigenvalue weighted by molar-refractivity contribution is 5.76. The molecule has 4 rings (SSSR count). The second-order valence-corrected chi connectivity index (χ2v) is 8.62. The van der Waals surface area contributed by atoms with Crippen LogP contribution in [-0.2, 0) is 11.2 Å². The summed E-state index contributed by atoms with van der Waals surface area (Å²) in [6.45, 7) is 7.88. The van der Waals surface area contributed by atoms with Crippen molar-refractivity contribution in [1.82, 2.24) is 9.80 Å². The number of allylic oxidation sites excluding steroid dienone is 1. The SMILES string of the molecule is CC(c1ccccc1)N1CCN(C(=O)CCc2ccccc2)CC1.CC1CC=CC1O. The number of benzene rings is 2. The third-order valence-electron chi connectivity index (χ3n) is 6.39. The summed E-state index contributed by atoms with van der Waals surface area (Å²) in [4.78, 5) is 16.9. The predicted octanol–water partition coefficient (Wildman–Crippen LogP) is 4.47. The van der Waals surface area contributed by atoms with Gasteiger partial charge in [0.2, 0.25) is 5.91 Å². The summed E-state index contributed by atoms with van der Waals surface area (Å²) in [6.07, 6.45) is 6.19. The second-order valence-electron chi connectivity index (χ2n) is 8.62. The number of hydrogen-bond acceptors (Lipinski definition) is 3. The first-order valence-corrected chi connectivity index (χ1v) is 11.5. The highest BCUT2D eigenvalue weighted by Crippen LogP contribution is 2.21. The number of amides is 1. The van der Waals surface area contributed by atoms with E-state index in [1.807, 2.05) is 42.2 Å². The van der Waals surface area contributed by atoms with Gasteiger partial charge in [0.1, 0.15) is 0 Å². The summed E-state index contributed by atoms with van der Waals surface area (Å²) in [5, 5.41) is 8.91. The fourth-order valence-electron chi connectivity index (χ4n) is 4.12. The maximum Gasteiger partial charge on any atom is 0.222 e. The van der Waals surface area contributed by atoms with Crippen LogP contribution in [0, 0.1) is 5.92 Å². The molecule has 1 fully saturated rings. The van der Waals surface area contributed by atoms with Gasteiger partial charge in [0.25, 0.3) is 0 Å². The molecule has 1 amide bonds. The molecule has 1 aliphatic carbocycles. The van der Waals surface area contributed by atoms with E-state index in [0.29, 0.717) is 18.4 Å². The van der Waals surface area contributed by atoms with Gasteiger partial charge in [-0.3, -0.25) is 9.69 Å². The van der Waals surface area contributed by atoms with E-state index < -0.39 is 0 Å². The molecule has 31 heavy (non-hydrogen) atoms. The Balaban J connectivity index is 0.000000330. The summed E-state index contributed by atoms with van der Waals surface area (Å²) >= 11 is 0. The molecule has 3 unspecified atom stereocenters. The van der Waals surface area contributed by atoms with Crippen molar-refractivity contribution in [3.8, 4) is 0 Å². The van der Waals surface area contributed by atoms with Crippen molar-refractivity contribution in [2.45, 2.75) is 45.3 Å². The van der Waals surface area contributed by atoms with Crippen molar-refractivity contribution in [3.63, 3.8) is 0 Å². The van der Waals surface area contributed by atoms with Crippen LogP contribution in [0.4, 0.5) is 0 Å². The number of aryl methyl sites for hydroxylation is 1. The third kappa shape index (κ3) is 7.05. The van der Waals surface area contributed by atoms with Crippen molar-refractivity contribution in [2.75, 3.05) is 26.2 Å². The summed E-state index contributed by atoms with van der Waals surface area (Å²) in [6, 6.07) is 21.3. The van der Waals surface area contributed by atoms with Crippen LogP contribution in [0.2, 0.25) is 0 Å². The number of piperazine rings is 1. The molecule has 1 aliphatic heterocycles. The number of rotatable bonds is 5. The number of hydrogen-bond donors (Lipinski definition) is 1. The van der Waals surface area contributed by atoms with E-state index in [9.17, 15) is 4.79 Å². The Labute approximate surface area is 187 Å². The Kier molecular flexibility index (Phi) is 8.86. The molecule has 166 valence electrons. The lowest BCUT2D eigenvalue weighted by atomic mass is 10.1. The Morgan fingerprint density at radius 3 is 2.13 bits per heavy atom. The molecule has 1 N–H and O–H groups in total. The standard InChI is InChI=1S/C21H26N2O.C6H10O/c1-18(20-10-6-3-7-11-20)22-14-16-23(17-15-22)21(24)13-12-19-8-4-2-5-9-19;1-5-3-2-4-6(5)7/h2-11,18H,12-17H2,1H3;2,4-7H,3H2,1H3. The largest absolute Gasteiger partial charge is 0.389 e. The topological polar surface area (TPSA) is 43.8 Å².